The van der Waals surface area contributed by atoms with E-state index in [1.807, 2.05) is 0 Å². The van der Waals surface area contributed by atoms with Crippen LogP contribution in [0.2, 0.25) is 0 Å². The van der Waals surface area contributed by atoms with E-state index in [4.69, 9.17) is 14.2 Å². The van der Waals surface area contributed by atoms with Crippen LogP contribution < -0.4 is 19.5 Å². The molecule has 1 heterocycles. The quantitative estimate of drug-likeness (QED) is 0.836. The molecule has 1 aliphatic heterocycles. The van der Waals surface area contributed by atoms with E-state index in [9.17, 15) is 9.59 Å². The third kappa shape index (κ3) is 4.39. The second-order valence-electron chi connectivity index (χ2n) is 7.59. The average molecular weight is 364 g/mol. The summed E-state index contributed by atoms with van der Waals surface area (Å²) in [5, 5.41) is 2.93. The number of methoxy groups -OCH3 is 3. The molecule has 1 aromatic carbocycles. The number of carbonyl (C=O) groups is 2. The van der Waals surface area contributed by atoms with Crippen LogP contribution >= 0.6 is 0 Å². The molecular weight excluding hydrogens is 336 g/mol. The van der Waals surface area contributed by atoms with Gasteiger partial charge in [0.2, 0.25) is 11.7 Å². The van der Waals surface area contributed by atoms with Gasteiger partial charge in [-0.2, -0.15) is 0 Å². The number of nitrogens with zero attached hydrogens (tertiary/aromatic N) is 1. The summed E-state index contributed by atoms with van der Waals surface area (Å²) in [4.78, 5) is 26.7. The largest absolute Gasteiger partial charge is 0.493 e. The van der Waals surface area contributed by atoms with Gasteiger partial charge < -0.3 is 24.4 Å². The van der Waals surface area contributed by atoms with E-state index in [1.165, 1.54) is 21.3 Å². The smallest absolute Gasteiger partial charge is 0.255 e. The van der Waals surface area contributed by atoms with Crippen LogP contribution in [0.4, 0.5) is 0 Å². The van der Waals surface area contributed by atoms with Crippen molar-refractivity contribution in [3.05, 3.63) is 17.7 Å². The van der Waals surface area contributed by atoms with Gasteiger partial charge in [0.15, 0.2) is 11.5 Å². The highest BCUT2D eigenvalue weighted by atomic mass is 16.5. The molecule has 1 fully saturated rings. The maximum absolute atomic E-state index is 12.7. The molecule has 0 aliphatic carbocycles. The Hall–Kier alpha value is -2.44. The van der Waals surface area contributed by atoms with Crippen LogP contribution in [0.5, 0.6) is 17.2 Å². The van der Waals surface area contributed by atoms with Crippen molar-refractivity contribution in [2.75, 3.05) is 34.4 Å². The standard InChI is InChI=1S/C19H28N2O5/c1-19(2,3)11-21-10-12(9-15(21)22)20-18(23)13-7-8-14(24-4)17(26-6)16(13)25-5/h7-8,12H,9-11H2,1-6H3,(H,20,23). The highest BCUT2D eigenvalue weighted by Gasteiger charge is 2.33. The molecule has 2 rings (SSSR count). The van der Waals surface area contributed by atoms with Crippen LogP contribution in [-0.4, -0.2) is 57.2 Å². The van der Waals surface area contributed by atoms with E-state index in [1.54, 1.807) is 17.0 Å². The maximum atomic E-state index is 12.7. The molecule has 7 nitrogen and oxygen atoms in total. The Labute approximate surface area is 154 Å². The molecule has 2 amide bonds. The molecule has 1 atom stereocenters. The summed E-state index contributed by atoms with van der Waals surface area (Å²) >= 11 is 0. The van der Waals surface area contributed by atoms with Gasteiger partial charge in [0.05, 0.1) is 32.9 Å². The molecule has 0 aromatic heterocycles. The van der Waals surface area contributed by atoms with Gasteiger partial charge in [-0.15, -0.1) is 0 Å². The summed E-state index contributed by atoms with van der Waals surface area (Å²) < 4.78 is 15.9. The molecule has 144 valence electrons. The minimum Gasteiger partial charge on any atom is -0.493 e. The van der Waals surface area contributed by atoms with Crippen molar-refractivity contribution in [3.63, 3.8) is 0 Å². The fourth-order valence-corrected chi connectivity index (χ4v) is 3.14. The fourth-order valence-electron chi connectivity index (χ4n) is 3.14. The first kappa shape index (κ1) is 19.9. The Morgan fingerprint density at radius 2 is 1.81 bits per heavy atom. The first-order valence-corrected chi connectivity index (χ1v) is 8.57. The Morgan fingerprint density at radius 3 is 2.35 bits per heavy atom. The molecule has 1 unspecified atom stereocenters. The van der Waals surface area contributed by atoms with E-state index in [0.29, 0.717) is 42.3 Å². The zero-order valence-electron chi connectivity index (χ0n) is 16.3. The van der Waals surface area contributed by atoms with Crippen molar-refractivity contribution in [3.8, 4) is 17.2 Å². The van der Waals surface area contributed by atoms with E-state index >= 15 is 0 Å². The summed E-state index contributed by atoms with van der Waals surface area (Å²) in [6.45, 7) is 7.43. The zero-order valence-corrected chi connectivity index (χ0v) is 16.3. The number of rotatable bonds is 6. The van der Waals surface area contributed by atoms with E-state index in [0.717, 1.165) is 0 Å². The van der Waals surface area contributed by atoms with E-state index in [-0.39, 0.29) is 23.3 Å². The van der Waals surface area contributed by atoms with Crippen molar-refractivity contribution in [2.24, 2.45) is 5.41 Å². The van der Waals surface area contributed by atoms with E-state index in [2.05, 4.69) is 26.1 Å². The normalized spacial score (nSPS) is 17.2. The molecular formula is C19H28N2O5. The number of hydrogen-bond donors (Lipinski definition) is 1. The molecule has 26 heavy (non-hydrogen) atoms. The second kappa shape index (κ2) is 7.85. The summed E-state index contributed by atoms with van der Waals surface area (Å²) in [6.07, 6.45) is 0.303. The Morgan fingerprint density at radius 1 is 1.15 bits per heavy atom. The number of nitrogens with one attached hydrogen (secondary N) is 1. The molecule has 1 aromatic rings. The predicted octanol–water partition coefficient (Wildman–Crippen LogP) is 2.09. The molecule has 7 heteroatoms. The Bertz CT molecular complexity index is 681. The summed E-state index contributed by atoms with van der Waals surface area (Å²) in [5.74, 6) is 0.899. The number of ether oxygens (including phenoxy) is 3. The first-order valence-electron chi connectivity index (χ1n) is 8.57. The molecule has 0 radical (unpaired) electrons. The Kier molecular flexibility index (Phi) is 6.00. The highest BCUT2D eigenvalue weighted by Crippen LogP contribution is 2.39. The third-order valence-electron chi connectivity index (χ3n) is 4.16. The number of hydrogen-bond acceptors (Lipinski definition) is 5. The van der Waals surface area contributed by atoms with Crippen LogP contribution in [0, 0.1) is 5.41 Å². The van der Waals surface area contributed by atoms with Crippen LogP contribution in [0.25, 0.3) is 0 Å². The monoisotopic (exact) mass is 364 g/mol. The maximum Gasteiger partial charge on any atom is 0.255 e. The van der Waals surface area contributed by atoms with Gasteiger partial charge in [0.1, 0.15) is 0 Å². The van der Waals surface area contributed by atoms with Gasteiger partial charge in [0, 0.05) is 19.5 Å². The van der Waals surface area contributed by atoms with Crippen molar-refractivity contribution in [1.82, 2.24) is 10.2 Å². The minimum absolute atomic E-state index is 0.0150. The molecule has 0 bridgehead atoms. The number of carbonyl (C=O) groups excluding carboxylic acids is 2. The minimum atomic E-state index is -0.307. The van der Waals surface area contributed by atoms with Gasteiger partial charge in [-0.05, 0) is 17.5 Å². The van der Waals surface area contributed by atoms with Crippen LogP contribution in [0.3, 0.4) is 0 Å². The first-order chi connectivity index (χ1) is 12.2. The van der Waals surface area contributed by atoms with Crippen LogP contribution in [0.1, 0.15) is 37.6 Å². The van der Waals surface area contributed by atoms with Crippen molar-refractivity contribution >= 4 is 11.8 Å². The van der Waals surface area contributed by atoms with Crippen molar-refractivity contribution in [2.45, 2.75) is 33.2 Å². The lowest BCUT2D eigenvalue weighted by Crippen LogP contribution is -2.39. The number of likely N-dealkylation sites (tertiary alicyclic amines) is 1. The fraction of sp³-hybridized carbons (Fsp3) is 0.579. The molecule has 0 saturated carbocycles. The van der Waals surface area contributed by atoms with E-state index < -0.39 is 0 Å². The SMILES string of the molecule is COc1ccc(C(=O)NC2CC(=O)N(CC(C)(C)C)C2)c(OC)c1OC. The number of amides is 2. The van der Waals surface area contributed by atoms with Gasteiger partial charge in [-0.1, -0.05) is 20.8 Å². The molecule has 1 aliphatic rings. The zero-order chi connectivity index (χ0) is 19.5. The van der Waals surface area contributed by atoms with Gasteiger partial charge in [-0.3, -0.25) is 9.59 Å². The second-order valence-corrected chi connectivity index (χ2v) is 7.59. The highest BCUT2D eigenvalue weighted by molar-refractivity contribution is 5.99. The number of benzene rings is 1. The lowest BCUT2D eigenvalue weighted by atomic mass is 9.96. The van der Waals surface area contributed by atoms with Crippen LogP contribution in [-0.2, 0) is 4.79 Å². The lowest BCUT2D eigenvalue weighted by molar-refractivity contribution is -0.128. The van der Waals surface area contributed by atoms with Crippen LogP contribution in [0.15, 0.2) is 12.1 Å². The topological polar surface area (TPSA) is 77.1 Å². The molecule has 1 saturated heterocycles. The Balaban J connectivity index is 2.15. The summed E-state index contributed by atoms with van der Waals surface area (Å²) in [6, 6.07) is 3.05. The van der Waals surface area contributed by atoms with Gasteiger partial charge in [-0.25, -0.2) is 0 Å². The molecule has 0 spiro atoms. The molecule has 1 N–H and O–H groups in total. The third-order valence-corrected chi connectivity index (χ3v) is 4.16. The summed E-state index contributed by atoms with van der Waals surface area (Å²) in [5.41, 5.74) is 0.355. The van der Waals surface area contributed by atoms with Crippen molar-refractivity contribution < 1.29 is 23.8 Å². The predicted molar refractivity (Wildman–Crippen MR) is 98.0 cm³/mol. The van der Waals surface area contributed by atoms with Gasteiger partial charge in [0.25, 0.3) is 5.91 Å². The lowest BCUT2D eigenvalue weighted by Gasteiger charge is -2.26. The summed E-state index contributed by atoms with van der Waals surface area (Å²) in [7, 11) is 4.48. The van der Waals surface area contributed by atoms with Crippen molar-refractivity contribution in [1.29, 1.82) is 0 Å². The average Bonchev–Trinajstić information content (AvgIpc) is 2.90. The van der Waals surface area contributed by atoms with Gasteiger partial charge >= 0.3 is 0 Å².